The third kappa shape index (κ3) is 3.62. The lowest BCUT2D eigenvalue weighted by Crippen LogP contribution is -2.21. The predicted octanol–water partition coefficient (Wildman–Crippen LogP) is 3.42. The summed E-state index contributed by atoms with van der Waals surface area (Å²) >= 11 is 0. The van der Waals surface area contributed by atoms with Crippen molar-refractivity contribution in [2.24, 2.45) is 0 Å². The monoisotopic (exact) mass is 285 g/mol. The fraction of sp³-hybridized carbons (Fsp3) is 0.375. The van der Waals surface area contributed by atoms with Gasteiger partial charge < -0.3 is 15.5 Å². The second-order valence-corrected chi connectivity index (χ2v) is 4.84. The first-order valence-corrected chi connectivity index (χ1v) is 7.30. The van der Waals surface area contributed by atoms with Gasteiger partial charge in [-0.15, -0.1) is 0 Å². The summed E-state index contributed by atoms with van der Waals surface area (Å²) in [5.41, 5.74) is 3.51. The van der Waals surface area contributed by atoms with Crippen molar-refractivity contribution in [3.8, 4) is 0 Å². The summed E-state index contributed by atoms with van der Waals surface area (Å²) in [5.74, 6) is 1.58. The predicted molar refractivity (Wildman–Crippen MR) is 89.6 cm³/mol. The number of aryl methyl sites for hydroxylation is 1. The SMILES string of the molecule is CCN(CC)c1ccc(Nc2cc(NC)ncn2)c(C)c1. The van der Waals surface area contributed by atoms with Gasteiger partial charge in [-0.3, -0.25) is 0 Å². The summed E-state index contributed by atoms with van der Waals surface area (Å²) in [7, 11) is 1.84. The van der Waals surface area contributed by atoms with Crippen LogP contribution >= 0.6 is 0 Å². The molecule has 2 rings (SSSR count). The molecular formula is C16H23N5. The zero-order valence-corrected chi connectivity index (χ0v) is 13.1. The summed E-state index contributed by atoms with van der Waals surface area (Å²) in [5, 5.41) is 6.35. The fourth-order valence-electron chi connectivity index (χ4n) is 2.27. The van der Waals surface area contributed by atoms with Gasteiger partial charge in [-0.25, -0.2) is 9.97 Å². The topological polar surface area (TPSA) is 53.1 Å². The molecule has 0 atom stereocenters. The minimum absolute atomic E-state index is 0.785. The highest BCUT2D eigenvalue weighted by molar-refractivity contribution is 5.66. The Morgan fingerprint density at radius 3 is 2.38 bits per heavy atom. The molecule has 21 heavy (non-hydrogen) atoms. The van der Waals surface area contributed by atoms with E-state index in [1.807, 2.05) is 13.1 Å². The van der Waals surface area contributed by atoms with Crippen molar-refractivity contribution in [2.45, 2.75) is 20.8 Å². The molecule has 0 aliphatic rings. The van der Waals surface area contributed by atoms with Gasteiger partial charge in [-0.05, 0) is 44.5 Å². The lowest BCUT2D eigenvalue weighted by Gasteiger charge is -2.22. The highest BCUT2D eigenvalue weighted by Gasteiger charge is 2.06. The highest BCUT2D eigenvalue weighted by Crippen LogP contribution is 2.25. The van der Waals surface area contributed by atoms with Crippen molar-refractivity contribution in [2.75, 3.05) is 35.7 Å². The second-order valence-electron chi connectivity index (χ2n) is 4.84. The number of rotatable bonds is 6. The number of nitrogens with zero attached hydrogens (tertiary/aromatic N) is 3. The Morgan fingerprint density at radius 2 is 1.76 bits per heavy atom. The Bertz CT molecular complexity index is 593. The maximum absolute atomic E-state index is 4.24. The van der Waals surface area contributed by atoms with Crippen LogP contribution in [0.2, 0.25) is 0 Å². The molecule has 0 saturated carbocycles. The normalized spacial score (nSPS) is 10.3. The molecule has 1 aromatic heterocycles. The molecule has 2 aromatic rings. The lowest BCUT2D eigenvalue weighted by atomic mass is 10.1. The van der Waals surface area contributed by atoms with Crippen LogP contribution < -0.4 is 15.5 Å². The molecule has 0 aliphatic heterocycles. The molecule has 5 heteroatoms. The molecule has 0 bridgehead atoms. The van der Waals surface area contributed by atoms with Gasteiger partial charge >= 0.3 is 0 Å². The first-order chi connectivity index (χ1) is 10.2. The van der Waals surface area contributed by atoms with Gasteiger partial charge in [-0.2, -0.15) is 0 Å². The van der Waals surface area contributed by atoms with Gasteiger partial charge in [-0.1, -0.05) is 0 Å². The molecule has 0 spiro atoms. The van der Waals surface area contributed by atoms with Gasteiger partial charge in [0.1, 0.15) is 18.0 Å². The number of hydrogen-bond acceptors (Lipinski definition) is 5. The third-order valence-electron chi connectivity index (χ3n) is 3.52. The average Bonchev–Trinajstić information content (AvgIpc) is 2.51. The summed E-state index contributed by atoms with van der Waals surface area (Å²) < 4.78 is 0. The standard InChI is InChI=1S/C16H23N5/c1-5-21(6-2)13-7-8-14(12(3)9-13)20-16-10-15(17-4)18-11-19-16/h7-11H,5-6H2,1-4H3,(H2,17,18,19,20). The Hall–Kier alpha value is -2.30. The number of hydrogen-bond donors (Lipinski definition) is 2. The van der Waals surface area contributed by atoms with Crippen LogP contribution in [0.15, 0.2) is 30.6 Å². The van der Waals surface area contributed by atoms with E-state index < -0.39 is 0 Å². The number of nitrogens with one attached hydrogen (secondary N) is 2. The zero-order chi connectivity index (χ0) is 15.2. The van der Waals surface area contributed by atoms with Crippen molar-refractivity contribution in [3.63, 3.8) is 0 Å². The number of anilines is 4. The maximum Gasteiger partial charge on any atom is 0.135 e. The van der Waals surface area contributed by atoms with Crippen molar-refractivity contribution in [1.29, 1.82) is 0 Å². The van der Waals surface area contributed by atoms with Gasteiger partial charge in [0.2, 0.25) is 0 Å². The van der Waals surface area contributed by atoms with E-state index in [-0.39, 0.29) is 0 Å². The van der Waals surface area contributed by atoms with Crippen LogP contribution in [0, 0.1) is 6.92 Å². The Kier molecular flexibility index (Phi) is 4.98. The maximum atomic E-state index is 4.24. The quantitative estimate of drug-likeness (QED) is 0.851. The minimum atomic E-state index is 0.785. The average molecular weight is 285 g/mol. The summed E-state index contributed by atoms with van der Waals surface area (Å²) in [4.78, 5) is 10.7. The van der Waals surface area contributed by atoms with Crippen LogP contribution in [0.25, 0.3) is 0 Å². The smallest absolute Gasteiger partial charge is 0.135 e. The molecule has 0 unspecified atom stereocenters. The summed E-state index contributed by atoms with van der Waals surface area (Å²) in [6.45, 7) is 8.48. The van der Waals surface area contributed by atoms with Crippen LogP contribution in [-0.4, -0.2) is 30.1 Å². The largest absolute Gasteiger partial charge is 0.373 e. The molecule has 1 aromatic carbocycles. The van der Waals surface area contributed by atoms with E-state index in [4.69, 9.17) is 0 Å². The molecule has 1 heterocycles. The summed E-state index contributed by atoms with van der Waals surface area (Å²) in [6.07, 6.45) is 1.55. The van der Waals surface area contributed by atoms with E-state index in [2.05, 4.69) is 64.5 Å². The van der Waals surface area contributed by atoms with E-state index >= 15 is 0 Å². The first-order valence-electron chi connectivity index (χ1n) is 7.30. The van der Waals surface area contributed by atoms with Crippen LogP contribution in [0.1, 0.15) is 19.4 Å². The van der Waals surface area contributed by atoms with Crippen LogP contribution in [0.4, 0.5) is 23.0 Å². The molecule has 0 saturated heterocycles. The van der Waals surface area contributed by atoms with Crippen molar-refractivity contribution < 1.29 is 0 Å². The zero-order valence-electron chi connectivity index (χ0n) is 13.1. The van der Waals surface area contributed by atoms with Crippen LogP contribution in [0.3, 0.4) is 0 Å². The summed E-state index contributed by atoms with van der Waals surface area (Å²) in [6, 6.07) is 8.33. The Morgan fingerprint density at radius 1 is 1.05 bits per heavy atom. The number of benzene rings is 1. The first kappa shape index (κ1) is 15.1. The molecule has 0 amide bonds. The van der Waals surface area contributed by atoms with Gasteiger partial charge in [0.25, 0.3) is 0 Å². The molecule has 112 valence electrons. The molecular weight excluding hydrogens is 262 g/mol. The van der Waals surface area contributed by atoms with Gasteiger partial charge in [0.15, 0.2) is 0 Å². The second kappa shape index (κ2) is 6.92. The lowest BCUT2D eigenvalue weighted by molar-refractivity contribution is 0.866. The Labute approximate surface area is 126 Å². The van der Waals surface area contributed by atoms with E-state index in [1.165, 1.54) is 11.3 Å². The van der Waals surface area contributed by atoms with Gasteiger partial charge in [0, 0.05) is 37.6 Å². The third-order valence-corrected chi connectivity index (χ3v) is 3.52. The van der Waals surface area contributed by atoms with E-state index in [0.29, 0.717) is 0 Å². The number of aromatic nitrogens is 2. The molecule has 2 N–H and O–H groups in total. The van der Waals surface area contributed by atoms with Gasteiger partial charge in [0.05, 0.1) is 0 Å². The van der Waals surface area contributed by atoms with Crippen molar-refractivity contribution in [3.05, 3.63) is 36.2 Å². The minimum Gasteiger partial charge on any atom is -0.373 e. The molecule has 0 fully saturated rings. The van der Waals surface area contributed by atoms with E-state index in [0.717, 1.165) is 30.4 Å². The molecule has 0 radical (unpaired) electrons. The van der Waals surface area contributed by atoms with E-state index in [9.17, 15) is 0 Å². The highest BCUT2D eigenvalue weighted by atomic mass is 15.1. The molecule has 0 aliphatic carbocycles. The van der Waals surface area contributed by atoms with Crippen LogP contribution in [-0.2, 0) is 0 Å². The van der Waals surface area contributed by atoms with Crippen LogP contribution in [0.5, 0.6) is 0 Å². The molecule has 5 nitrogen and oxygen atoms in total. The van der Waals surface area contributed by atoms with Crippen molar-refractivity contribution in [1.82, 2.24) is 9.97 Å². The van der Waals surface area contributed by atoms with E-state index in [1.54, 1.807) is 6.33 Å². The fourth-order valence-corrected chi connectivity index (χ4v) is 2.27. The Balaban J connectivity index is 2.21. The van der Waals surface area contributed by atoms with Crippen molar-refractivity contribution >= 4 is 23.0 Å².